The maximum absolute atomic E-state index is 5.91. The molecular formula is C11H24N2O. The third kappa shape index (κ3) is 2.69. The summed E-state index contributed by atoms with van der Waals surface area (Å²) in [5.74, 6) is 0. The first-order valence-electron chi connectivity index (χ1n) is 5.53. The van der Waals surface area contributed by atoms with Crippen LogP contribution in [-0.4, -0.2) is 42.8 Å². The zero-order chi connectivity index (χ0) is 10.8. The van der Waals surface area contributed by atoms with Gasteiger partial charge in [0.1, 0.15) is 0 Å². The lowest BCUT2D eigenvalue weighted by Crippen LogP contribution is -2.54. The van der Waals surface area contributed by atoms with Crippen LogP contribution in [0.1, 0.15) is 33.6 Å². The molecule has 14 heavy (non-hydrogen) atoms. The molecule has 0 radical (unpaired) electrons. The van der Waals surface area contributed by atoms with Crippen molar-refractivity contribution in [1.29, 1.82) is 0 Å². The normalized spacial score (nSPS) is 34.1. The standard InChI is InChI=1S/C11H24N2O/c1-9(12)10(2)13-7-5-6-11(3,8-13)14-4/h9-10H,5-8,12H2,1-4H3. The Hall–Kier alpha value is -0.120. The summed E-state index contributed by atoms with van der Waals surface area (Å²) in [5, 5.41) is 0. The van der Waals surface area contributed by atoms with Gasteiger partial charge in [0.2, 0.25) is 0 Å². The molecule has 1 heterocycles. The molecule has 1 rings (SSSR count). The number of hydrogen-bond donors (Lipinski definition) is 1. The second-order valence-electron chi connectivity index (χ2n) is 4.83. The molecule has 3 unspecified atom stereocenters. The molecule has 0 aliphatic carbocycles. The van der Waals surface area contributed by atoms with Gasteiger partial charge in [-0.15, -0.1) is 0 Å². The number of methoxy groups -OCH3 is 1. The second-order valence-corrected chi connectivity index (χ2v) is 4.83. The molecule has 1 saturated heterocycles. The van der Waals surface area contributed by atoms with Gasteiger partial charge in [0, 0.05) is 25.7 Å². The Bertz CT molecular complexity index is 184. The Balaban J connectivity index is 2.56. The molecular weight excluding hydrogens is 176 g/mol. The van der Waals surface area contributed by atoms with E-state index in [4.69, 9.17) is 10.5 Å². The molecule has 1 aliphatic heterocycles. The van der Waals surface area contributed by atoms with Gasteiger partial charge < -0.3 is 10.5 Å². The van der Waals surface area contributed by atoms with Gasteiger partial charge in [-0.2, -0.15) is 0 Å². The Kier molecular flexibility index (Phi) is 3.93. The van der Waals surface area contributed by atoms with Gasteiger partial charge in [-0.3, -0.25) is 4.90 Å². The first-order chi connectivity index (χ1) is 6.48. The zero-order valence-electron chi connectivity index (χ0n) is 9.92. The number of nitrogens with zero attached hydrogens (tertiary/aromatic N) is 1. The SMILES string of the molecule is COC1(C)CCCN(C(C)C(C)N)C1. The van der Waals surface area contributed by atoms with Crippen molar-refractivity contribution in [3.8, 4) is 0 Å². The fourth-order valence-electron chi connectivity index (χ4n) is 2.09. The lowest BCUT2D eigenvalue weighted by atomic mass is 9.93. The van der Waals surface area contributed by atoms with Crippen molar-refractivity contribution in [3.63, 3.8) is 0 Å². The number of ether oxygens (including phenoxy) is 1. The van der Waals surface area contributed by atoms with Crippen molar-refractivity contribution < 1.29 is 4.74 Å². The van der Waals surface area contributed by atoms with E-state index in [1.54, 1.807) is 7.11 Å². The van der Waals surface area contributed by atoms with E-state index in [1.807, 2.05) is 0 Å². The molecule has 0 spiro atoms. The summed E-state index contributed by atoms with van der Waals surface area (Å²) >= 11 is 0. The van der Waals surface area contributed by atoms with E-state index < -0.39 is 0 Å². The van der Waals surface area contributed by atoms with Gasteiger partial charge in [0.25, 0.3) is 0 Å². The van der Waals surface area contributed by atoms with E-state index in [0.29, 0.717) is 6.04 Å². The number of piperidine rings is 1. The monoisotopic (exact) mass is 200 g/mol. The number of nitrogens with two attached hydrogens (primary N) is 1. The summed E-state index contributed by atoms with van der Waals surface area (Å²) in [4.78, 5) is 2.44. The van der Waals surface area contributed by atoms with Crippen LogP contribution in [0.25, 0.3) is 0 Å². The molecule has 3 atom stereocenters. The van der Waals surface area contributed by atoms with Crippen LogP contribution in [0.2, 0.25) is 0 Å². The molecule has 0 saturated carbocycles. The number of hydrogen-bond acceptors (Lipinski definition) is 3. The van der Waals surface area contributed by atoms with Gasteiger partial charge in [-0.05, 0) is 40.2 Å². The van der Waals surface area contributed by atoms with Crippen molar-refractivity contribution in [2.45, 2.75) is 51.3 Å². The molecule has 0 aromatic rings. The fourth-order valence-corrected chi connectivity index (χ4v) is 2.09. The van der Waals surface area contributed by atoms with Crippen LogP contribution in [0.15, 0.2) is 0 Å². The first-order valence-corrected chi connectivity index (χ1v) is 5.53. The second kappa shape index (κ2) is 4.60. The lowest BCUT2D eigenvalue weighted by Gasteiger charge is -2.43. The zero-order valence-corrected chi connectivity index (χ0v) is 9.92. The highest BCUT2D eigenvalue weighted by Gasteiger charge is 2.33. The van der Waals surface area contributed by atoms with E-state index in [0.717, 1.165) is 19.5 Å². The van der Waals surface area contributed by atoms with Crippen LogP contribution in [-0.2, 0) is 4.74 Å². The number of likely N-dealkylation sites (tertiary alicyclic amines) is 1. The molecule has 0 bridgehead atoms. The van der Waals surface area contributed by atoms with Crippen LogP contribution in [0, 0.1) is 0 Å². The molecule has 2 N–H and O–H groups in total. The lowest BCUT2D eigenvalue weighted by molar-refractivity contribution is -0.0611. The fraction of sp³-hybridized carbons (Fsp3) is 1.00. The van der Waals surface area contributed by atoms with Crippen molar-refractivity contribution in [3.05, 3.63) is 0 Å². The summed E-state index contributed by atoms with van der Waals surface area (Å²) in [6, 6.07) is 0.680. The molecule has 0 aromatic heterocycles. The summed E-state index contributed by atoms with van der Waals surface area (Å²) in [6.45, 7) is 8.62. The smallest absolute Gasteiger partial charge is 0.0777 e. The van der Waals surface area contributed by atoms with Crippen molar-refractivity contribution in [2.75, 3.05) is 20.2 Å². The molecule has 84 valence electrons. The Labute approximate surface area is 87.6 Å². The predicted octanol–water partition coefficient (Wildman–Crippen LogP) is 1.22. The minimum atomic E-state index is 0.0292. The van der Waals surface area contributed by atoms with Gasteiger partial charge in [0.15, 0.2) is 0 Å². The molecule has 1 fully saturated rings. The highest BCUT2D eigenvalue weighted by Crippen LogP contribution is 2.25. The summed E-state index contributed by atoms with van der Waals surface area (Å²) in [5.41, 5.74) is 5.94. The van der Waals surface area contributed by atoms with Crippen molar-refractivity contribution in [1.82, 2.24) is 4.90 Å². The average molecular weight is 200 g/mol. The molecule has 3 heteroatoms. The van der Waals surface area contributed by atoms with Crippen LogP contribution in [0.4, 0.5) is 0 Å². The van der Waals surface area contributed by atoms with Crippen LogP contribution in [0.3, 0.4) is 0 Å². The van der Waals surface area contributed by atoms with E-state index in [9.17, 15) is 0 Å². The average Bonchev–Trinajstić information content (AvgIpc) is 2.16. The van der Waals surface area contributed by atoms with E-state index >= 15 is 0 Å². The first kappa shape index (κ1) is 12.0. The maximum Gasteiger partial charge on any atom is 0.0777 e. The van der Waals surface area contributed by atoms with Gasteiger partial charge in [-0.25, -0.2) is 0 Å². The molecule has 3 nitrogen and oxygen atoms in total. The van der Waals surface area contributed by atoms with Crippen molar-refractivity contribution >= 4 is 0 Å². The van der Waals surface area contributed by atoms with Crippen LogP contribution >= 0.6 is 0 Å². The van der Waals surface area contributed by atoms with Gasteiger partial charge >= 0.3 is 0 Å². The Morgan fingerprint density at radius 2 is 2.07 bits per heavy atom. The van der Waals surface area contributed by atoms with Crippen LogP contribution in [0.5, 0.6) is 0 Å². The maximum atomic E-state index is 5.91. The van der Waals surface area contributed by atoms with Gasteiger partial charge in [0.05, 0.1) is 5.60 Å². The van der Waals surface area contributed by atoms with Gasteiger partial charge in [-0.1, -0.05) is 0 Å². The number of rotatable bonds is 3. The third-order valence-electron chi connectivity index (χ3n) is 3.52. The summed E-state index contributed by atoms with van der Waals surface area (Å²) < 4.78 is 5.56. The predicted molar refractivity (Wildman–Crippen MR) is 59.3 cm³/mol. The largest absolute Gasteiger partial charge is 0.377 e. The third-order valence-corrected chi connectivity index (χ3v) is 3.52. The van der Waals surface area contributed by atoms with E-state index in [-0.39, 0.29) is 11.6 Å². The quantitative estimate of drug-likeness (QED) is 0.744. The molecule has 1 aliphatic rings. The highest BCUT2D eigenvalue weighted by atomic mass is 16.5. The summed E-state index contributed by atoms with van der Waals surface area (Å²) in [7, 11) is 1.81. The van der Waals surface area contributed by atoms with E-state index in [2.05, 4.69) is 25.7 Å². The van der Waals surface area contributed by atoms with E-state index in [1.165, 1.54) is 6.42 Å². The summed E-state index contributed by atoms with van der Waals surface area (Å²) in [6.07, 6.45) is 2.37. The van der Waals surface area contributed by atoms with Crippen LogP contribution < -0.4 is 5.73 Å². The minimum absolute atomic E-state index is 0.0292. The molecule has 0 amide bonds. The Morgan fingerprint density at radius 3 is 2.57 bits per heavy atom. The minimum Gasteiger partial charge on any atom is -0.377 e. The topological polar surface area (TPSA) is 38.5 Å². The highest BCUT2D eigenvalue weighted by molar-refractivity contribution is 4.88. The Morgan fingerprint density at radius 1 is 1.43 bits per heavy atom. The van der Waals surface area contributed by atoms with Crippen molar-refractivity contribution in [2.24, 2.45) is 5.73 Å². The molecule has 0 aromatic carbocycles.